The van der Waals surface area contributed by atoms with Crippen LogP contribution in [0.15, 0.2) is 36.7 Å². The zero-order valence-corrected chi connectivity index (χ0v) is 14.9. The van der Waals surface area contributed by atoms with Crippen molar-refractivity contribution < 1.29 is 4.79 Å². The number of aromatic nitrogens is 3. The van der Waals surface area contributed by atoms with E-state index in [4.69, 9.17) is 0 Å². The Hall–Kier alpha value is -2.41. The molecule has 1 aromatic heterocycles. The molecule has 0 saturated carbocycles. The number of likely N-dealkylation sites (tertiary alicyclic amines) is 1. The molecule has 1 aliphatic heterocycles. The second-order valence-corrected chi connectivity index (χ2v) is 6.62. The summed E-state index contributed by atoms with van der Waals surface area (Å²) in [5.41, 5.74) is 1.32. The van der Waals surface area contributed by atoms with E-state index in [0.717, 1.165) is 32.5 Å². The van der Waals surface area contributed by atoms with Gasteiger partial charge in [-0.3, -0.25) is 9.58 Å². The third-order valence-electron chi connectivity index (χ3n) is 4.64. The van der Waals surface area contributed by atoms with Crippen LogP contribution < -0.4 is 5.32 Å². The molecule has 7 nitrogen and oxygen atoms in total. The number of rotatable bonds is 5. The minimum Gasteiger partial charge on any atom is -0.331 e. The van der Waals surface area contributed by atoms with Crippen LogP contribution in [0.4, 0.5) is 4.79 Å². The maximum absolute atomic E-state index is 12.4. The lowest BCUT2D eigenvalue weighted by Gasteiger charge is -2.37. The monoisotopic (exact) mass is 342 g/mol. The summed E-state index contributed by atoms with van der Waals surface area (Å²) in [5.74, 6) is 0.624. The van der Waals surface area contributed by atoms with E-state index in [1.165, 1.54) is 5.56 Å². The molecule has 2 heterocycles. The Bertz CT molecular complexity index is 686. The number of carbonyl (C=O) groups excluding carboxylic acids is 1. The first kappa shape index (κ1) is 17.4. The van der Waals surface area contributed by atoms with E-state index in [0.29, 0.717) is 12.4 Å². The molecule has 0 bridgehead atoms. The van der Waals surface area contributed by atoms with Gasteiger partial charge in [-0.1, -0.05) is 30.3 Å². The summed E-state index contributed by atoms with van der Waals surface area (Å²) in [6.07, 6.45) is 3.78. The number of amides is 2. The number of benzene rings is 1. The molecule has 1 atom stereocenters. The number of likely N-dealkylation sites (N-methyl/N-ethyl adjacent to an activating group) is 1. The zero-order chi connectivity index (χ0) is 17.6. The highest BCUT2D eigenvalue weighted by atomic mass is 16.2. The van der Waals surface area contributed by atoms with Crippen molar-refractivity contribution in [3.63, 3.8) is 0 Å². The van der Waals surface area contributed by atoms with Crippen molar-refractivity contribution in [2.24, 2.45) is 7.05 Å². The first-order valence-electron chi connectivity index (χ1n) is 8.73. The fourth-order valence-corrected chi connectivity index (χ4v) is 3.24. The van der Waals surface area contributed by atoms with Gasteiger partial charge < -0.3 is 10.2 Å². The lowest BCUT2D eigenvalue weighted by molar-refractivity contribution is 0.121. The van der Waals surface area contributed by atoms with Gasteiger partial charge in [-0.05, 0) is 24.9 Å². The van der Waals surface area contributed by atoms with E-state index < -0.39 is 0 Å². The summed E-state index contributed by atoms with van der Waals surface area (Å²) in [4.78, 5) is 20.8. The summed E-state index contributed by atoms with van der Waals surface area (Å²) in [6, 6.07) is 10.6. The molecule has 0 spiro atoms. The van der Waals surface area contributed by atoms with Crippen molar-refractivity contribution in [1.29, 1.82) is 0 Å². The first-order chi connectivity index (χ1) is 12.1. The minimum atomic E-state index is -0.0704. The van der Waals surface area contributed by atoms with E-state index in [2.05, 4.69) is 44.6 Å². The molecule has 2 aromatic rings. The van der Waals surface area contributed by atoms with Crippen LogP contribution in [0.25, 0.3) is 0 Å². The fraction of sp³-hybridized carbons (Fsp3) is 0.500. The average molecular weight is 342 g/mol. The molecule has 7 heteroatoms. The molecule has 1 saturated heterocycles. The molecule has 1 aliphatic rings. The van der Waals surface area contributed by atoms with E-state index in [1.807, 2.05) is 25.1 Å². The largest absolute Gasteiger partial charge is 0.331 e. The summed E-state index contributed by atoms with van der Waals surface area (Å²) in [6.45, 7) is 3.27. The molecule has 134 valence electrons. The van der Waals surface area contributed by atoms with Crippen LogP contribution in [-0.4, -0.2) is 56.8 Å². The second-order valence-electron chi connectivity index (χ2n) is 6.62. The Morgan fingerprint density at radius 2 is 2.16 bits per heavy atom. The van der Waals surface area contributed by atoms with E-state index in [1.54, 1.807) is 11.0 Å². The number of aryl methyl sites for hydroxylation is 1. The second kappa shape index (κ2) is 8.11. The van der Waals surface area contributed by atoms with Crippen molar-refractivity contribution >= 4 is 6.03 Å². The van der Waals surface area contributed by atoms with Gasteiger partial charge in [0, 0.05) is 33.2 Å². The number of hydrogen-bond acceptors (Lipinski definition) is 4. The van der Waals surface area contributed by atoms with Crippen LogP contribution in [0.3, 0.4) is 0 Å². The molecule has 0 radical (unpaired) electrons. The zero-order valence-electron chi connectivity index (χ0n) is 14.9. The van der Waals surface area contributed by atoms with Gasteiger partial charge in [0.05, 0.1) is 6.54 Å². The fourth-order valence-electron chi connectivity index (χ4n) is 3.24. The Kier molecular flexibility index (Phi) is 5.65. The molecule has 1 N–H and O–H groups in total. The molecule has 3 rings (SSSR count). The van der Waals surface area contributed by atoms with Crippen molar-refractivity contribution in [2.75, 3.05) is 20.1 Å². The number of hydrogen-bond donors (Lipinski definition) is 1. The van der Waals surface area contributed by atoms with Crippen molar-refractivity contribution in [3.05, 3.63) is 48.0 Å². The number of piperidine rings is 1. The van der Waals surface area contributed by atoms with Crippen molar-refractivity contribution in [2.45, 2.75) is 32.0 Å². The maximum atomic E-state index is 12.4. The summed E-state index contributed by atoms with van der Waals surface area (Å²) in [7, 11) is 3.69. The molecule has 1 aromatic carbocycles. The van der Waals surface area contributed by atoms with Gasteiger partial charge >= 0.3 is 6.03 Å². The molecule has 25 heavy (non-hydrogen) atoms. The molecule has 2 amide bonds. The van der Waals surface area contributed by atoms with Crippen LogP contribution >= 0.6 is 0 Å². The van der Waals surface area contributed by atoms with Gasteiger partial charge in [0.1, 0.15) is 6.33 Å². The predicted octanol–water partition coefficient (Wildman–Crippen LogP) is 1.62. The summed E-state index contributed by atoms with van der Waals surface area (Å²) < 4.78 is 1.63. The highest BCUT2D eigenvalue weighted by Crippen LogP contribution is 2.17. The lowest BCUT2D eigenvalue weighted by Crippen LogP contribution is -2.51. The van der Waals surface area contributed by atoms with E-state index in [9.17, 15) is 4.79 Å². The van der Waals surface area contributed by atoms with Crippen LogP contribution in [0.5, 0.6) is 0 Å². The molecule has 0 aliphatic carbocycles. The molecule has 1 unspecified atom stereocenters. The quantitative estimate of drug-likeness (QED) is 0.897. The maximum Gasteiger partial charge on any atom is 0.317 e. The Morgan fingerprint density at radius 1 is 1.36 bits per heavy atom. The highest BCUT2D eigenvalue weighted by Gasteiger charge is 2.26. The van der Waals surface area contributed by atoms with Gasteiger partial charge in [0.15, 0.2) is 5.82 Å². The Labute approximate surface area is 148 Å². The average Bonchev–Trinajstić information content (AvgIpc) is 3.05. The number of urea groups is 1. The van der Waals surface area contributed by atoms with E-state index in [-0.39, 0.29) is 12.1 Å². The SMILES string of the molecule is CN(C(=O)NCc1ncn(C)n1)C1CCCN(Cc2ccccc2)C1. The van der Waals surface area contributed by atoms with E-state index >= 15 is 0 Å². The van der Waals surface area contributed by atoms with Crippen molar-refractivity contribution in [3.8, 4) is 0 Å². The normalized spacial score (nSPS) is 18.1. The topological polar surface area (TPSA) is 66.3 Å². The standard InChI is InChI=1S/C18H26N6O/c1-22-14-20-17(21-22)11-19-18(25)23(2)16-9-6-10-24(13-16)12-15-7-4-3-5-8-15/h3-5,7-8,14,16H,6,9-13H2,1-2H3,(H,19,25). The van der Waals surface area contributed by atoms with Gasteiger partial charge in [-0.15, -0.1) is 0 Å². The van der Waals surface area contributed by atoms with Gasteiger partial charge in [-0.2, -0.15) is 5.10 Å². The Balaban J connectivity index is 1.50. The first-order valence-corrected chi connectivity index (χ1v) is 8.73. The molecular weight excluding hydrogens is 316 g/mol. The number of nitrogens with zero attached hydrogens (tertiary/aromatic N) is 5. The van der Waals surface area contributed by atoms with Crippen LogP contribution in [0, 0.1) is 0 Å². The van der Waals surface area contributed by atoms with Gasteiger partial charge in [0.2, 0.25) is 0 Å². The summed E-state index contributed by atoms with van der Waals surface area (Å²) >= 11 is 0. The molecular formula is C18H26N6O. The van der Waals surface area contributed by atoms with Gasteiger partial charge in [-0.25, -0.2) is 9.78 Å². The smallest absolute Gasteiger partial charge is 0.317 e. The Morgan fingerprint density at radius 3 is 2.88 bits per heavy atom. The third-order valence-corrected chi connectivity index (χ3v) is 4.64. The minimum absolute atomic E-state index is 0.0704. The van der Waals surface area contributed by atoms with Crippen molar-refractivity contribution in [1.82, 2.24) is 29.9 Å². The van der Waals surface area contributed by atoms with Gasteiger partial charge in [0.25, 0.3) is 0 Å². The third kappa shape index (κ3) is 4.79. The van der Waals surface area contributed by atoms with Crippen LogP contribution in [0.1, 0.15) is 24.2 Å². The van der Waals surface area contributed by atoms with Crippen LogP contribution in [0.2, 0.25) is 0 Å². The lowest BCUT2D eigenvalue weighted by atomic mass is 10.0. The number of nitrogens with one attached hydrogen (secondary N) is 1. The molecule has 1 fully saturated rings. The predicted molar refractivity (Wildman–Crippen MR) is 95.7 cm³/mol. The number of carbonyl (C=O) groups is 1. The highest BCUT2D eigenvalue weighted by molar-refractivity contribution is 5.74. The summed E-state index contributed by atoms with van der Waals surface area (Å²) in [5, 5.41) is 7.08. The van der Waals surface area contributed by atoms with Crippen LogP contribution in [-0.2, 0) is 20.1 Å².